The molecule has 0 radical (unpaired) electrons. The number of allylic oxidation sites excluding steroid dienone is 1. The molecule has 0 atom stereocenters. The van der Waals surface area contributed by atoms with Gasteiger partial charge in [0.25, 0.3) is 0 Å². The average molecular weight is 394 g/mol. The number of hydrogen-bond donors (Lipinski definition) is 0. The molecule has 1 heterocycles. The first kappa shape index (κ1) is 18.4. The predicted molar refractivity (Wildman–Crippen MR) is 119 cm³/mol. The number of benzene rings is 3. The fourth-order valence-electron chi connectivity index (χ4n) is 3.95. The van der Waals surface area contributed by atoms with Crippen LogP contribution in [0.1, 0.15) is 39.4 Å². The highest BCUT2D eigenvalue weighted by molar-refractivity contribution is 6.08. The maximum Gasteiger partial charge on any atom is 0.185 e. The molecule has 0 aliphatic heterocycles. The highest BCUT2D eigenvalue weighted by Crippen LogP contribution is 2.26. The lowest BCUT2D eigenvalue weighted by molar-refractivity contribution is 0.104. The number of carbonyl (C=O) groups excluding carboxylic acids is 1. The number of aryl methyl sites for hydroxylation is 2. The Morgan fingerprint density at radius 1 is 0.900 bits per heavy atom. The summed E-state index contributed by atoms with van der Waals surface area (Å²) >= 11 is 0. The second-order valence-electron chi connectivity index (χ2n) is 7.64. The minimum absolute atomic E-state index is 0.0481. The molecular weight excluding hydrogens is 372 g/mol. The summed E-state index contributed by atoms with van der Waals surface area (Å²) in [4.78, 5) is 12.5. The lowest BCUT2D eigenvalue weighted by Gasteiger charge is -2.06. The van der Waals surface area contributed by atoms with Crippen molar-refractivity contribution in [1.29, 1.82) is 0 Å². The molecule has 0 spiro atoms. The van der Waals surface area contributed by atoms with Gasteiger partial charge in [-0.05, 0) is 83.6 Å². The maximum absolute atomic E-state index is 12.5. The molecule has 5 rings (SSSR count). The molecule has 3 nitrogen and oxygen atoms in total. The Hall–Kier alpha value is -3.59. The van der Waals surface area contributed by atoms with E-state index in [4.69, 9.17) is 9.15 Å². The largest absolute Gasteiger partial charge is 0.486 e. The van der Waals surface area contributed by atoms with Crippen molar-refractivity contribution in [1.82, 2.24) is 0 Å². The minimum atomic E-state index is -0.0481. The van der Waals surface area contributed by atoms with E-state index in [1.807, 2.05) is 60.7 Å². The van der Waals surface area contributed by atoms with E-state index in [2.05, 4.69) is 12.1 Å². The number of furan rings is 1. The Morgan fingerprint density at radius 2 is 1.77 bits per heavy atom. The van der Waals surface area contributed by atoms with Gasteiger partial charge in [-0.3, -0.25) is 4.79 Å². The Kier molecular flexibility index (Phi) is 4.94. The van der Waals surface area contributed by atoms with Gasteiger partial charge >= 0.3 is 0 Å². The predicted octanol–water partition coefficient (Wildman–Crippen LogP) is 6.40. The van der Waals surface area contributed by atoms with E-state index in [1.54, 1.807) is 12.2 Å². The van der Waals surface area contributed by atoms with E-state index in [9.17, 15) is 4.79 Å². The lowest BCUT2D eigenvalue weighted by Crippen LogP contribution is -1.95. The van der Waals surface area contributed by atoms with Crippen molar-refractivity contribution in [3.8, 4) is 5.75 Å². The average Bonchev–Trinajstić information content (AvgIpc) is 3.44. The van der Waals surface area contributed by atoms with Crippen LogP contribution in [0.3, 0.4) is 0 Å². The van der Waals surface area contributed by atoms with Gasteiger partial charge in [-0.1, -0.05) is 42.5 Å². The number of hydrogen-bond acceptors (Lipinski definition) is 3. The minimum Gasteiger partial charge on any atom is -0.486 e. The van der Waals surface area contributed by atoms with Gasteiger partial charge in [-0.15, -0.1) is 0 Å². The SMILES string of the molecule is O=C(/C=C/c1ccc(COc2ccc3c(c2)CCC3)o1)c1ccc2ccccc2c1. The van der Waals surface area contributed by atoms with E-state index in [0.29, 0.717) is 17.9 Å². The molecular formula is C27H22O3. The van der Waals surface area contributed by atoms with Crippen molar-refractivity contribution in [3.05, 3.63) is 107 Å². The molecule has 3 heteroatoms. The summed E-state index contributed by atoms with van der Waals surface area (Å²) < 4.78 is 11.7. The second kappa shape index (κ2) is 8.03. The maximum atomic E-state index is 12.5. The Bertz CT molecular complexity index is 1250. The highest BCUT2D eigenvalue weighted by Gasteiger charge is 2.11. The van der Waals surface area contributed by atoms with Crippen molar-refractivity contribution in [2.75, 3.05) is 0 Å². The van der Waals surface area contributed by atoms with Crippen molar-refractivity contribution in [2.45, 2.75) is 25.9 Å². The summed E-state index contributed by atoms with van der Waals surface area (Å²) in [7, 11) is 0. The van der Waals surface area contributed by atoms with Crippen molar-refractivity contribution in [2.24, 2.45) is 0 Å². The zero-order valence-corrected chi connectivity index (χ0v) is 16.6. The summed E-state index contributed by atoms with van der Waals surface area (Å²) in [5, 5.41) is 2.18. The quantitative estimate of drug-likeness (QED) is 0.281. The summed E-state index contributed by atoms with van der Waals surface area (Å²) in [6.07, 6.45) is 6.78. The lowest BCUT2D eigenvalue weighted by atomic mass is 10.0. The first-order chi connectivity index (χ1) is 14.7. The van der Waals surface area contributed by atoms with Gasteiger partial charge in [0.2, 0.25) is 0 Å². The van der Waals surface area contributed by atoms with Crippen LogP contribution in [0.2, 0.25) is 0 Å². The van der Waals surface area contributed by atoms with Crippen LogP contribution in [-0.4, -0.2) is 5.78 Å². The van der Waals surface area contributed by atoms with Crippen molar-refractivity contribution < 1.29 is 13.9 Å². The molecule has 0 saturated heterocycles. The molecule has 0 bridgehead atoms. The number of fused-ring (bicyclic) bond motifs is 2. The van der Waals surface area contributed by atoms with Crippen LogP contribution in [0.4, 0.5) is 0 Å². The third kappa shape index (κ3) is 3.92. The van der Waals surface area contributed by atoms with Crippen LogP contribution in [0.5, 0.6) is 5.75 Å². The molecule has 0 saturated carbocycles. The molecule has 1 aromatic heterocycles. The van der Waals surface area contributed by atoms with Gasteiger partial charge in [-0.2, -0.15) is 0 Å². The fourth-order valence-corrected chi connectivity index (χ4v) is 3.95. The van der Waals surface area contributed by atoms with Gasteiger partial charge in [0.05, 0.1) is 0 Å². The molecule has 4 aromatic rings. The molecule has 0 N–H and O–H groups in total. The number of ether oxygens (including phenoxy) is 1. The summed E-state index contributed by atoms with van der Waals surface area (Å²) in [5.74, 6) is 2.19. The number of carbonyl (C=O) groups is 1. The molecule has 0 fully saturated rings. The van der Waals surface area contributed by atoms with Crippen LogP contribution >= 0.6 is 0 Å². The summed E-state index contributed by atoms with van der Waals surface area (Å²) in [5.41, 5.74) is 3.49. The van der Waals surface area contributed by atoms with Crippen LogP contribution in [-0.2, 0) is 19.4 Å². The van der Waals surface area contributed by atoms with Gasteiger partial charge in [0, 0.05) is 5.56 Å². The number of ketones is 1. The van der Waals surface area contributed by atoms with E-state index in [0.717, 1.165) is 28.7 Å². The van der Waals surface area contributed by atoms with Gasteiger partial charge in [0.1, 0.15) is 23.9 Å². The first-order valence-electron chi connectivity index (χ1n) is 10.3. The third-order valence-electron chi connectivity index (χ3n) is 5.57. The van der Waals surface area contributed by atoms with E-state index in [-0.39, 0.29) is 5.78 Å². The van der Waals surface area contributed by atoms with Crippen molar-refractivity contribution in [3.63, 3.8) is 0 Å². The molecule has 0 amide bonds. The van der Waals surface area contributed by atoms with Crippen LogP contribution < -0.4 is 4.74 Å². The summed E-state index contributed by atoms with van der Waals surface area (Å²) in [6, 6.07) is 23.8. The third-order valence-corrected chi connectivity index (χ3v) is 5.57. The van der Waals surface area contributed by atoms with Crippen LogP contribution in [0.25, 0.3) is 16.8 Å². The molecule has 30 heavy (non-hydrogen) atoms. The molecule has 1 aliphatic rings. The Balaban J connectivity index is 1.22. The molecule has 3 aromatic carbocycles. The zero-order chi connectivity index (χ0) is 20.3. The summed E-state index contributed by atoms with van der Waals surface area (Å²) in [6.45, 7) is 0.366. The zero-order valence-electron chi connectivity index (χ0n) is 16.6. The van der Waals surface area contributed by atoms with Crippen LogP contribution in [0.15, 0.2) is 83.3 Å². The normalized spacial score (nSPS) is 13.1. The Labute approximate surface area is 175 Å². The van der Waals surface area contributed by atoms with E-state index in [1.165, 1.54) is 24.0 Å². The van der Waals surface area contributed by atoms with Gasteiger partial charge in [-0.25, -0.2) is 0 Å². The monoisotopic (exact) mass is 394 g/mol. The van der Waals surface area contributed by atoms with E-state index >= 15 is 0 Å². The highest BCUT2D eigenvalue weighted by atomic mass is 16.5. The molecule has 1 aliphatic carbocycles. The first-order valence-corrected chi connectivity index (χ1v) is 10.3. The van der Waals surface area contributed by atoms with Crippen LogP contribution in [0, 0.1) is 0 Å². The van der Waals surface area contributed by atoms with E-state index < -0.39 is 0 Å². The van der Waals surface area contributed by atoms with Crippen molar-refractivity contribution >= 4 is 22.6 Å². The fraction of sp³-hybridized carbons (Fsp3) is 0.148. The number of rotatable bonds is 6. The van der Waals surface area contributed by atoms with Gasteiger partial charge in [0.15, 0.2) is 5.78 Å². The smallest absolute Gasteiger partial charge is 0.185 e. The topological polar surface area (TPSA) is 39.4 Å². The standard InChI is InChI=1S/C27H22O3/c28-27(23-9-8-19-4-1-2-5-21(19)16-23)15-14-24-12-13-26(30-24)18-29-25-11-10-20-6-3-7-22(20)17-25/h1-2,4-5,8-17H,3,6-7,18H2/b15-14+. The second-order valence-corrected chi connectivity index (χ2v) is 7.64. The Morgan fingerprint density at radius 3 is 2.70 bits per heavy atom. The molecule has 148 valence electrons. The van der Waals surface area contributed by atoms with Gasteiger partial charge < -0.3 is 9.15 Å². The molecule has 0 unspecified atom stereocenters.